The molecule has 1 N–H and O–H groups in total. The second-order valence-corrected chi connectivity index (χ2v) is 7.69. The van der Waals surface area contributed by atoms with Gasteiger partial charge >= 0.3 is 0 Å². The summed E-state index contributed by atoms with van der Waals surface area (Å²) in [5.74, 6) is 0.281. The summed E-state index contributed by atoms with van der Waals surface area (Å²) >= 11 is 1.39. The van der Waals surface area contributed by atoms with Gasteiger partial charge < -0.3 is 5.32 Å². The van der Waals surface area contributed by atoms with Gasteiger partial charge in [-0.2, -0.15) is 0 Å². The predicted octanol–water partition coefficient (Wildman–Crippen LogP) is 3.91. The monoisotopic (exact) mass is 380 g/mol. The molecule has 0 atom stereocenters. The van der Waals surface area contributed by atoms with Crippen LogP contribution in [0.15, 0.2) is 47.9 Å². The van der Waals surface area contributed by atoms with Gasteiger partial charge in [-0.3, -0.25) is 9.36 Å². The fraction of sp³-hybridized carbons (Fsp3) is 0.286. The minimum atomic E-state index is -0.0189. The van der Waals surface area contributed by atoms with Crippen LogP contribution in [0, 0.1) is 27.7 Å². The first kappa shape index (κ1) is 19.2. The van der Waals surface area contributed by atoms with Crippen molar-refractivity contribution in [1.29, 1.82) is 0 Å². The van der Waals surface area contributed by atoms with Crippen molar-refractivity contribution in [1.82, 2.24) is 20.1 Å². The molecular formula is C21H24N4OS. The van der Waals surface area contributed by atoms with Gasteiger partial charge in [-0.1, -0.05) is 41.6 Å². The quantitative estimate of drug-likeness (QED) is 0.659. The van der Waals surface area contributed by atoms with E-state index in [4.69, 9.17) is 0 Å². The van der Waals surface area contributed by atoms with Crippen molar-refractivity contribution in [3.8, 4) is 5.69 Å². The first-order chi connectivity index (χ1) is 12.9. The summed E-state index contributed by atoms with van der Waals surface area (Å²) in [7, 11) is 0. The van der Waals surface area contributed by atoms with Crippen LogP contribution in [-0.2, 0) is 11.3 Å². The maximum Gasteiger partial charge on any atom is 0.230 e. The Morgan fingerprint density at radius 1 is 1.04 bits per heavy atom. The van der Waals surface area contributed by atoms with Gasteiger partial charge in [0.05, 0.1) is 5.75 Å². The molecule has 140 valence electrons. The number of carbonyl (C=O) groups excluding carboxylic acids is 1. The minimum absolute atomic E-state index is 0.0189. The van der Waals surface area contributed by atoms with Crippen molar-refractivity contribution in [3.63, 3.8) is 0 Å². The van der Waals surface area contributed by atoms with Gasteiger partial charge in [-0.05, 0) is 62.1 Å². The average Bonchev–Trinajstić information content (AvgIpc) is 3.10. The Morgan fingerprint density at radius 2 is 1.85 bits per heavy atom. The molecule has 6 heteroatoms. The number of nitrogens with one attached hydrogen (secondary N) is 1. The van der Waals surface area contributed by atoms with E-state index < -0.39 is 0 Å². The molecule has 1 heterocycles. The van der Waals surface area contributed by atoms with E-state index >= 15 is 0 Å². The number of benzene rings is 2. The SMILES string of the molecule is Cc1ccc(CNC(=O)CSc2nncn2-c2ccc(C)c(C)c2)c(C)c1. The van der Waals surface area contributed by atoms with Gasteiger partial charge in [0.25, 0.3) is 0 Å². The maximum absolute atomic E-state index is 12.2. The maximum atomic E-state index is 12.2. The molecule has 0 radical (unpaired) electrons. The van der Waals surface area contributed by atoms with Crippen molar-refractivity contribution < 1.29 is 4.79 Å². The highest BCUT2D eigenvalue weighted by Crippen LogP contribution is 2.21. The van der Waals surface area contributed by atoms with Crippen LogP contribution in [0.5, 0.6) is 0 Å². The second kappa shape index (κ2) is 8.39. The Hall–Kier alpha value is -2.60. The summed E-state index contributed by atoms with van der Waals surface area (Å²) in [5, 5.41) is 11.8. The van der Waals surface area contributed by atoms with E-state index in [-0.39, 0.29) is 5.91 Å². The predicted molar refractivity (Wildman–Crippen MR) is 109 cm³/mol. The Kier molecular flexibility index (Phi) is 5.96. The molecule has 0 fully saturated rings. The van der Waals surface area contributed by atoms with E-state index in [0.717, 1.165) is 11.3 Å². The van der Waals surface area contributed by atoms with Gasteiger partial charge in [0.2, 0.25) is 5.91 Å². The number of hydrogen-bond acceptors (Lipinski definition) is 4. The topological polar surface area (TPSA) is 59.8 Å². The normalized spacial score (nSPS) is 10.8. The molecule has 2 aromatic carbocycles. The lowest BCUT2D eigenvalue weighted by Crippen LogP contribution is -2.25. The number of thioether (sulfide) groups is 1. The number of aryl methyl sites for hydroxylation is 4. The summed E-state index contributed by atoms with van der Waals surface area (Å²) in [5.41, 5.74) is 7.01. The van der Waals surface area contributed by atoms with Crippen molar-refractivity contribution in [2.24, 2.45) is 0 Å². The molecule has 0 spiro atoms. The van der Waals surface area contributed by atoms with Crippen LogP contribution in [0.2, 0.25) is 0 Å². The van der Waals surface area contributed by atoms with Crippen LogP contribution in [0.3, 0.4) is 0 Å². The lowest BCUT2D eigenvalue weighted by Gasteiger charge is -2.10. The zero-order valence-electron chi connectivity index (χ0n) is 16.1. The zero-order chi connectivity index (χ0) is 19.4. The van der Waals surface area contributed by atoms with Crippen molar-refractivity contribution in [2.45, 2.75) is 39.4 Å². The molecule has 5 nitrogen and oxygen atoms in total. The number of hydrogen-bond donors (Lipinski definition) is 1. The van der Waals surface area contributed by atoms with Gasteiger partial charge in [-0.15, -0.1) is 10.2 Å². The number of aromatic nitrogens is 3. The molecule has 0 aliphatic heterocycles. The van der Waals surface area contributed by atoms with E-state index in [1.54, 1.807) is 6.33 Å². The molecule has 0 aliphatic rings. The minimum Gasteiger partial charge on any atom is -0.351 e. The van der Waals surface area contributed by atoms with E-state index in [1.165, 1.54) is 34.0 Å². The molecule has 0 saturated carbocycles. The number of rotatable bonds is 6. The highest BCUT2D eigenvalue weighted by molar-refractivity contribution is 7.99. The van der Waals surface area contributed by atoms with Crippen molar-refractivity contribution in [2.75, 3.05) is 5.75 Å². The van der Waals surface area contributed by atoms with Crippen LogP contribution in [0.1, 0.15) is 27.8 Å². The Morgan fingerprint density at radius 3 is 2.59 bits per heavy atom. The smallest absolute Gasteiger partial charge is 0.230 e. The fourth-order valence-electron chi connectivity index (χ4n) is 2.79. The third-order valence-corrected chi connectivity index (χ3v) is 5.53. The standard InChI is InChI=1S/C21H24N4OS/c1-14-5-7-18(17(4)9-14)11-22-20(26)12-27-21-24-23-13-25(21)19-8-6-15(2)16(3)10-19/h5-10,13H,11-12H2,1-4H3,(H,22,26). The fourth-order valence-corrected chi connectivity index (χ4v) is 3.55. The van der Waals surface area contributed by atoms with E-state index in [9.17, 15) is 4.79 Å². The molecule has 1 amide bonds. The first-order valence-electron chi connectivity index (χ1n) is 8.87. The molecule has 0 bridgehead atoms. The summed E-state index contributed by atoms with van der Waals surface area (Å²) in [6.07, 6.45) is 1.68. The zero-order valence-corrected chi connectivity index (χ0v) is 16.9. The van der Waals surface area contributed by atoms with Gasteiger partial charge in [0.1, 0.15) is 6.33 Å². The lowest BCUT2D eigenvalue weighted by atomic mass is 10.1. The Labute approximate surface area is 164 Å². The van der Waals surface area contributed by atoms with Crippen LogP contribution in [0.25, 0.3) is 5.69 Å². The Balaban J connectivity index is 1.59. The summed E-state index contributed by atoms with van der Waals surface area (Å²) < 4.78 is 1.91. The van der Waals surface area contributed by atoms with Gasteiger partial charge in [-0.25, -0.2) is 0 Å². The molecule has 3 aromatic rings. The van der Waals surface area contributed by atoms with E-state index in [0.29, 0.717) is 17.5 Å². The van der Waals surface area contributed by atoms with Gasteiger partial charge in [0, 0.05) is 12.2 Å². The van der Waals surface area contributed by atoms with Gasteiger partial charge in [0.15, 0.2) is 5.16 Å². The van der Waals surface area contributed by atoms with E-state index in [1.807, 2.05) is 10.6 Å². The summed E-state index contributed by atoms with van der Waals surface area (Å²) in [6, 6.07) is 12.5. The van der Waals surface area contributed by atoms with Crippen LogP contribution in [0.4, 0.5) is 0 Å². The van der Waals surface area contributed by atoms with Crippen LogP contribution >= 0.6 is 11.8 Å². The molecule has 0 unspecified atom stereocenters. The molecule has 3 rings (SSSR count). The van der Waals surface area contributed by atoms with E-state index in [2.05, 4.69) is 73.5 Å². The molecule has 1 aromatic heterocycles. The molecule has 0 saturated heterocycles. The number of carbonyl (C=O) groups is 1. The summed E-state index contributed by atoms with van der Waals surface area (Å²) in [4.78, 5) is 12.2. The third kappa shape index (κ3) is 4.77. The van der Waals surface area contributed by atoms with Crippen molar-refractivity contribution >= 4 is 17.7 Å². The molecular weight excluding hydrogens is 356 g/mol. The third-order valence-electron chi connectivity index (χ3n) is 4.59. The lowest BCUT2D eigenvalue weighted by molar-refractivity contribution is -0.118. The largest absolute Gasteiger partial charge is 0.351 e. The highest BCUT2D eigenvalue weighted by atomic mass is 32.2. The highest BCUT2D eigenvalue weighted by Gasteiger charge is 2.11. The second-order valence-electron chi connectivity index (χ2n) is 6.75. The first-order valence-corrected chi connectivity index (χ1v) is 9.86. The van der Waals surface area contributed by atoms with Crippen LogP contribution < -0.4 is 5.32 Å². The molecule has 27 heavy (non-hydrogen) atoms. The number of amides is 1. The van der Waals surface area contributed by atoms with Crippen LogP contribution in [-0.4, -0.2) is 26.4 Å². The summed E-state index contributed by atoms with van der Waals surface area (Å²) in [6.45, 7) is 8.83. The number of nitrogens with zero attached hydrogens (tertiary/aromatic N) is 3. The average molecular weight is 381 g/mol. The Bertz CT molecular complexity index is 965. The van der Waals surface area contributed by atoms with Crippen molar-refractivity contribution in [3.05, 3.63) is 70.5 Å². The molecule has 0 aliphatic carbocycles.